The number of guanidine groups is 1. The van der Waals surface area contributed by atoms with Gasteiger partial charge in [0, 0.05) is 20.1 Å². The molecule has 0 radical (unpaired) electrons. The van der Waals surface area contributed by atoms with E-state index in [9.17, 15) is 4.39 Å². The van der Waals surface area contributed by atoms with Crippen LogP contribution in [0.3, 0.4) is 0 Å². The van der Waals surface area contributed by atoms with Gasteiger partial charge in [0.25, 0.3) is 0 Å². The van der Waals surface area contributed by atoms with Crippen LogP contribution in [0.5, 0.6) is 5.75 Å². The van der Waals surface area contributed by atoms with E-state index >= 15 is 0 Å². The standard InChI is InChI=1S/C19H24FN3O.HI/c1-14-11-16(7-8-18(14)24-3)13-23-19(21-2)22-10-9-15-5-4-6-17(20)12-15;/h4-8,11-12H,9-10,13H2,1-3H3,(H2,21,22,23);1H. The van der Waals surface area contributed by atoms with Gasteiger partial charge in [-0.2, -0.15) is 0 Å². The van der Waals surface area contributed by atoms with Crippen molar-refractivity contribution in [1.82, 2.24) is 10.6 Å². The summed E-state index contributed by atoms with van der Waals surface area (Å²) in [7, 11) is 3.40. The fourth-order valence-electron chi connectivity index (χ4n) is 2.47. The van der Waals surface area contributed by atoms with Crippen LogP contribution in [0.1, 0.15) is 16.7 Å². The van der Waals surface area contributed by atoms with Crippen molar-refractivity contribution in [2.45, 2.75) is 19.9 Å². The molecular formula is C19H25FIN3O. The maximum Gasteiger partial charge on any atom is 0.191 e. The summed E-state index contributed by atoms with van der Waals surface area (Å²) in [5, 5.41) is 6.51. The fourth-order valence-corrected chi connectivity index (χ4v) is 2.47. The van der Waals surface area contributed by atoms with Gasteiger partial charge < -0.3 is 15.4 Å². The Labute approximate surface area is 165 Å². The minimum atomic E-state index is -0.204. The second-order valence-electron chi connectivity index (χ2n) is 5.54. The predicted molar refractivity (Wildman–Crippen MR) is 111 cm³/mol. The van der Waals surface area contributed by atoms with E-state index in [2.05, 4.69) is 21.7 Å². The molecule has 4 nitrogen and oxygen atoms in total. The first kappa shape index (κ1) is 21.2. The molecule has 0 aliphatic rings. The Morgan fingerprint density at radius 3 is 2.56 bits per heavy atom. The van der Waals surface area contributed by atoms with Crippen molar-refractivity contribution in [2.75, 3.05) is 20.7 Å². The molecule has 0 unspecified atom stereocenters. The highest BCUT2D eigenvalue weighted by Crippen LogP contribution is 2.18. The molecule has 136 valence electrons. The molecule has 2 N–H and O–H groups in total. The Kier molecular flexibility index (Phi) is 9.26. The fraction of sp³-hybridized carbons (Fsp3) is 0.316. The first-order valence-electron chi connectivity index (χ1n) is 7.95. The number of aliphatic imine (C=N–C) groups is 1. The van der Waals surface area contributed by atoms with Crippen LogP contribution in [-0.2, 0) is 13.0 Å². The minimum absolute atomic E-state index is 0. The number of ether oxygens (including phenoxy) is 1. The summed E-state index contributed by atoms with van der Waals surface area (Å²) in [4.78, 5) is 4.20. The van der Waals surface area contributed by atoms with Gasteiger partial charge in [0.1, 0.15) is 11.6 Å². The molecule has 0 heterocycles. The zero-order valence-electron chi connectivity index (χ0n) is 14.8. The van der Waals surface area contributed by atoms with Crippen molar-refractivity contribution in [3.05, 3.63) is 65.0 Å². The van der Waals surface area contributed by atoms with Crippen molar-refractivity contribution in [3.8, 4) is 5.75 Å². The van der Waals surface area contributed by atoms with Gasteiger partial charge in [-0.1, -0.05) is 24.3 Å². The molecule has 0 fully saturated rings. The largest absolute Gasteiger partial charge is 0.496 e. The first-order valence-corrected chi connectivity index (χ1v) is 7.95. The molecule has 2 aromatic rings. The van der Waals surface area contributed by atoms with E-state index in [1.807, 2.05) is 25.1 Å². The van der Waals surface area contributed by atoms with Crippen LogP contribution in [0.15, 0.2) is 47.5 Å². The van der Waals surface area contributed by atoms with Crippen molar-refractivity contribution < 1.29 is 9.13 Å². The van der Waals surface area contributed by atoms with E-state index in [0.717, 1.165) is 34.8 Å². The average Bonchev–Trinajstić information content (AvgIpc) is 2.58. The average molecular weight is 457 g/mol. The van der Waals surface area contributed by atoms with Crippen molar-refractivity contribution in [1.29, 1.82) is 0 Å². The van der Waals surface area contributed by atoms with E-state index in [-0.39, 0.29) is 29.8 Å². The highest BCUT2D eigenvalue weighted by Gasteiger charge is 2.02. The third-order valence-corrected chi connectivity index (χ3v) is 3.74. The topological polar surface area (TPSA) is 45.7 Å². The molecule has 0 spiro atoms. The summed E-state index contributed by atoms with van der Waals surface area (Å²) in [5.74, 6) is 1.40. The molecule has 25 heavy (non-hydrogen) atoms. The van der Waals surface area contributed by atoms with Crippen LogP contribution in [0.4, 0.5) is 4.39 Å². The third kappa shape index (κ3) is 6.89. The number of rotatable bonds is 6. The number of nitrogens with one attached hydrogen (secondary N) is 2. The third-order valence-electron chi connectivity index (χ3n) is 3.74. The lowest BCUT2D eigenvalue weighted by atomic mass is 10.1. The molecule has 2 aromatic carbocycles. The number of methoxy groups -OCH3 is 1. The molecular weight excluding hydrogens is 432 g/mol. The van der Waals surface area contributed by atoms with Crippen LogP contribution < -0.4 is 15.4 Å². The second kappa shape index (κ2) is 10.9. The van der Waals surface area contributed by atoms with Crippen molar-refractivity contribution in [2.24, 2.45) is 4.99 Å². The lowest BCUT2D eigenvalue weighted by Crippen LogP contribution is -2.37. The Balaban J connectivity index is 0.00000312. The van der Waals surface area contributed by atoms with E-state index in [0.29, 0.717) is 13.1 Å². The number of aryl methyl sites for hydroxylation is 1. The number of hydrogen-bond acceptors (Lipinski definition) is 2. The molecule has 0 amide bonds. The van der Waals surface area contributed by atoms with Gasteiger partial charge in [-0.15, -0.1) is 24.0 Å². The zero-order chi connectivity index (χ0) is 17.4. The van der Waals surface area contributed by atoms with Gasteiger partial charge in [-0.3, -0.25) is 4.99 Å². The monoisotopic (exact) mass is 457 g/mol. The normalized spacial score (nSPS) is 10.8. The Bertz CT molecular complexity index is 707. The van der Waals surface area contributed by atoms with Gasteiger partial charge in [0.05, 0.1) is 7.11 Å². The quantitative estimate of drug-likeness (QED) is 0.396. The molecule has 0 aliphatic carbocycles. The molecule has 0 bridgehead atoms. The second-order valence-corrected chi connectivity index (χ2v) is 5.54. The molecule has 0 aromatic heterocycles. The minimum Gasteiger partial charge on any atom is -0.496 e. The van der Waals surface area contributed by atoms with Gasteiger partial charge in [-0.05, 0) is 48.2 Å². The Morgan fingerprint density at radius 2 is 1.92 bits per heavy atom. The molecule has 2 rings (SSSR count). The van der Waals surface area contributed by atoms with Gasteiger partial charge >= 0.3 is 0 Å². The van der Waals surface area contributed by atoms with E-state index in [1.165, 1.54) is 6.07 Å². The van der Waals surface area contributed by atoms with Gasteiger partial charge in [-0.25, -0.2) is 4.39 Å². The molecule has 0 atom stereocenters. The maximum atomic E-state index is 13.1. The lowest BCUT2D eigenvalue weighted by molar-refractivity contribution is 0.411. The van der Waals surface area contributed by atoms with Gasteiger partial charge in [0.2, 0.25) is 0 Å². The van der Waals surface area contributed by atoms with Crippen LogP contribution in [0.2, 0.25) is 0 Å². The smallest absolute Gasteiger partial charge is 0.191 e. The highest BCUT2D eigenvalue weighted by molar-refractivity contribution is 14.0. The van der Waals surface area contributed by atoms with Crippen molar-refractivity contribution in [3.63, 3.8) is 0 Å². The first-order chi connectivity index (χ1) is 11.6. The summed E-state index contributed by atoms with van der Waals surface area (Å²) >= 11 is 0. The SMILES string of the molecule is CN=C(NCCc1cccc(F)c1)NCc1ccc(OC)c(C)c1.I. The lowest BCUT2D eigenvalue weighted by Gasteiger charge is -2.13. The Morgan fingerprint density at radius 1 is 1.12 bits per heavy atom. The van der Waals surface area contributed by atoms with Crippen LogP contribution >= 0.6 is 24.0 Å². The summed E-state index contributed by atoms with van der Waals surface area (Å²) < 4.78 is 18.4. The summed E-state index contributed by atoms with van der Waals surface area (Å²) in [5.41, 5.74) is 3.22. The summed E-state index contributed by atoms with van der Waals surface area (Å²) in [6, 6.07) is 12.7. The van der Waals surface area contributed by atoms with Crippen LogP contribution in [0, 0.1) is 12.7 Å². The molecule has 6 heteroatoms. The van der Waals surface area contributed by atoms with Crippen LogP contribution in [0.25, 0.3) is 0 Å². The zero-order valence-corrected chi connectivity index (χ0v) is 17.1. The summed E-state index contributed by atoms with van der Waals surface area (Å²) in [6.45, 7) is 3.38. The Hall–Kier alpha value is -1.83. The molecule has 0 saturated carbocycles. The van der Waals surface area contributed by atoms with Crippen molar-refractivity contribution >= 4 is 29.9 Å². The molecule has 0 saturated heterocycles. The number of benzene rings is 2. The summed E-state index contributed by atoms with van der Waals surface area (Å²) in [6.07, 6.45) is 0.736. The highest BCUT2D eigenvalue weighted by atomic mass is 127. The van der Waals surface area contributed by atoms with E-state index in [1.54, 1.807) is 26.3 Å². The number of hydrogen-bond donors (Lipinski definition) is 2. The molecule has 0 aliphatic heterocycles. The maximum absolute atomic E-state index is 13.1. The van der Waals surface area contributed by atoms with E-state index in [4.69, 9.17) is 4.74 Å². The van der Waals surface area contributed by atoms with E-state index < -0.39 is 0 Å². The van der Waals surface area contributed by atoms with Gasteiger partial charge in [0.15, 0.2) is 5.96 Å². The number of halogens is 2. The van der Waals surface area contributed by atoms with Crippen LogP contribution in [-0.4, -0.2) is 26.7 Å². The number of nitrogens with zero attached hydrogens (tertiary/aromatic N) is 1. The predicted octanol–water partition coefficient (Wildman–Crippen LogP) is 3.67.